The van der Waals surface area contributed by atoms with Gasteiger partial charge in [-0.15, -0.1) is 0 Å². The van der Waals surface area contributed by atoms with Crippen LogP contribution in [0, 0.1) is 0 Å². The lowest BCUT2D eigenvalue weighted by molar-refractivity contribution is 0.0202. The molecule has 0 saturated carbocycles. The first-order chi connectivity index (χ1) is 6.93. The van der Waals surface area contributed by atoms with Crippen LogP contribution in [0.15, 0.2) is 0 Å². The SMILES string of the molecule is CNCCCOCCN1CCOCC1. The zero-order valence-corrected chi connectivity index (χ0v) is 9.13. The fourth-order valence-electron chi connectivity index (χ4n) is 1.47. The maximum Gasteiger partial charge on any atom is 0.0594 e. The molecular formula is C10H22N2O2. The van der Waals surface area contributed by atoms with Gasteiger partial charge in [-0.25, -0.2) is 0 Å². The Bertz CT molecular complexity index is 127. The first-order valence-corrected chi connectivity index (χ1v) is 5.46. The second kappa shape index (κ2) is 8.17. The van der Waals surface area contributed by atoms with E-state index in [0.717, 1.165) is 59.0 Å². The van der Waals surface area contributed by atoms with Crippen LogP contribution in [0.4, 0.5) is 0 Å². The number of morpholine rings is 1. The van der Waals surface area contributed by atoms with Crippen LogP contribution in [0.5, 0.6) is 0 Å². The molecule has 0 atom stereocenters. The van der Waals surface area contributed by atoms with E-state index in [0.29, 0.717) is 0 Å². The molecule has 4 heteroatoms. The van der Waals surface area contributed by atoms with Crippen molar-refractivity contribution in [3.8, 4) is 0 Å². The molecule has 1 aliphatic heterocycles. The lowest BCUT2D eigenvalue weighted by Crippen LogP contribution is -2.38. The van der Waals surface area contributed by atoms with Gasteiger partial charge in [0.15, 0.2) is 0 Å². The Hall–Kier alpha value is -0.160. The van der Waals surface area contributed by atoms with Crippen LogP contribution < -0.4 is 5.32 Å². The Morgan fingerprint density at radius 3 is 2.79 bits per heavy atom. The summed E-state index contributed by atoms with van der Waals surface area (Å²) in [4.78, 5) is 2.39. The van der Waals surface area contributed by atoms with Crippen LogP contribution >= 0.6 is 0 Å². The first-order valence-electron chi connectivity index (χ1n) is 5.46. The molecule has 14 heavy (non-hydrogen) atoms. The van der Waals surface area contributed by atoms with Crippen molar-refractivity contribution < 1.29 is 9.47 Å². The predicted octanol–water partition coefficient (Wildman–Crippen LogP) is -0.0553. The monoisotopic (exact) mass is 202 g/mol. The van der Waals surface area contributed by atoms with Crippen molar-refractivity contribution in [1.82, 2.24) is 10.2 Å². The number of hydrogen-bond acceptors (Lipinski definition) is 4. The summed E-state index contributed by atoms with van der Waals surface area (Å²) in [6.45, 7) is 7.66. The number of ether oxygens (including phenoxy) is 2. The van der Waals surface area contributed by atoms with Crippen molar-refractivity contribution in [3.63, 3.8) is 0 Å². The van der Waals surface area contributed by atoms with E-state index >= 15 is 0 Å². The topological polar surface area (TPSA) is 33.7 Å². The van der Waals surface area contributed by atoms with Crippen molar-refractivity contribution in [2.24, 2.45) is 0 Å². The van der Waals surface area contributed by atoms with Gasteiger partial charge in [-0.1, -0.05) is 0 Å². The van der Waals surface area contributed by atoms with Crippen molar-refractivity contribution in [2.45, 2.75) is 6.42 Å². The molecule has 4 nitrogen and oxygen atoms in total. The van der Waals surface area contributed by atoms with Crippen LogP contribution in [0.1, 0.15) is 6.42 Å². The van der Waals surface area contributed by atoms with E-state index < -0.39 is 0 Å². The second-order valence-corrected chi connectivity index (χ2v) is 3.52. The minimum Gasteiger partial charge on any atom is -0.380 e. The quantitative estimate of drug-likeness (QED) is 0.587. The van der Waals surface area contributed by atoms with Gasteiger partial charge >= 0.3 is 0 Å². The Morgan fingerprint density at radius 1 is 1.29 bits per heavy atom. The molecule has 1 rings (SSSR count). The highest BCUT2D eigenvalue weighted by molar-refractivity contribution is 4.60. The normalized spacial score (nSPS) is 18.6. The maximum atomic E-state index is 5.52. The first kappa shape index (κ1) is 11.9. The summed E-state index contributed by atoms with van der Waals surface area (Å²) in [5.41, 5.74) is 0. The molecule has 1 heterocycles. The number of hydrogen-bond donors (Lipinski definition) is 1. The van der Waals surface area contributed by atoms with Gasteiger partial charge in [0, 0.05) is 26.2 Å². The van der Waals surface area contributed by atoms with E-state index in [1.807, 2.05) is 7.05 Å². The Labute approximate surface area is 86.6 Å². The van der Waals surface area contributed by atoms with E-state index in [2.05, 4.69) is 10.2 Å². The lowest BCUT2D eigenvalue weighted by atomic mass is 10.4. The molecule has 0 aromatic rings. The van der Waals surface area contributed by atoms with Gasteiger partial charge in [-0.3, -0.25) is 4.90 Å². The number of rotatable bonds is 7. The molecule has 1 N–H and O–H groups in total. The standard InChI is InChI=1S/C10H22N2O2/c1-11-3-2-7-13-8-4-12-5-9-14-10-6-12/h11H,2-10H2,1H3. The van der Waals surface area contributed by atoms with Gasteiger partial charge in [-0.2, -0.15) is 0 Å². The lowest BCUT2D eigenvalue weighted by Gasteiger charge is -2.26. The van der Waals surface area contributed by atoms with Gasteiger partial charge in [0.25, 0.3) is 0 Å². The average molecular weight is 202 g/mol. The molecule has 0 amide bonds. The molecule has 0 unspecified atom stereocenters. The average Bonchev–Trinajstić information content (AvgIpc) is 2.25. The van der Waals surface area contributed by atoms with Crippen LogP contribution in [0.25, 0.3) is 0 Å². The Morgan fingerprint density at radius 2 is 2.07 bits per heavy atom. The highest BCUT2D eigenvalue weighted by Gasteiger charge is 2.08. The van der Waals surface area contributed by atoms with E-state index in [9.17, 15) is 0 Å². The van der Waals surface area contributed by atoms with Crippen molar-refractivity contribution >= 4 is 0 Å². The zero-order valence-electron chi connectivity index (χ0n) is 9.13. The summed E-state index contributed by atoms with van der Waals surface area (Å²) < 4.78 is 10.8. The maximum absolute atomic E-state index is 5.52. The van der Waals surface area contributed by atoms with E-state index in [1.54, 1.807) is 0 Å². The fraction of sp³-hybridized carbons (Fsp3) is 1.00. The van der Waals surface area contributed by atoms with E-state index in [-0.39, 0.29) is 0 Å². The Kier molecular flexibility index (Phi) is 6.95. The van der Waals surface area contributed by atoms with Crippen LogP contribution in [-0.4, -0.2) is 64.6 Å². The fourth-order valence-corrected chi connectivity index (χ4v) is 1.47. The van der Waals surface area contributed by atoms with Crippen LogP contribution in [0.3, 0.4) is 0 Å². The molecule has 1 fully saturated rings. The summed E-state index contributed by atoms with van der Waals surface area (Å²) in [5.74, 6) is 0. The number of nitrogens with zero attached hydrogens (tertiary/aromatic N) is 1. The van der Waals surface area contributed by atoms with E-state index in [4.69, 9.17) is 9.47 Å². The molecule has 0 bridgehead atoms. The van der Waals surface area contributed by atoms with Gasteiger partial charge in [0.05, 0.1) is 19.8 Å². The van der Waals surface area contributed by atoms with Crippen LogP contribution in [0.2, 0.25) is 0 Å². The van der Waals surface area contributed by atoms with Crippen molar-refractivity contribution in [2.75, 3.05) is 59.7 Å². The number of nitrogens with one attached hydrogen (secondary N) is 1. The second-order valence-electron chi connectivity index (χ2n) is 3.52. The molecule has 0 radical (unpaired) electrons. The van der Waals surface area contributed by atoms with Gasteiger partial charge < -0.3 is 14.8 Å². The van der Waals surface area contributed by atoms with Gasteiger partial charge in [-0.05, 0) is 20.0 Å². The largest absolute Gasteiger partial charge is 0.380 e. The third kappa shape index (κ3) is 5.54. The molecular weight excluding hydrogens is 180 g/mol. The summed E-state index contributed by atoms with van der Waals surface area (Å²) in [6, 6.07) is 0. The van der Waals surface area contributed by atoms with Gasteiger partial charge in [0.2, 0.25) is 0 Å². The van der Waals surface area contributed by atoms with Crippen LogP contribution in [-0.2, 0) is 9.47 Å². The highest BCUT2D eigenvalue weighted by Crippen LogP contribution is 1.95. The summed E-state index contributed by atoms with van der Waals surface area (Å²) in [6.07, 6.45) is 1.10. The third-order valence-electron chi connectivity index (χ3n) is 2.37. The minimum absolute atomic E-state index is 0.851. The molecule has 0 aromatic carbocycles. The summed E-state index contributed by atoms with van der Waals surface area (Å²) >= 11 is 0. The minimum atomic E-state index is 0.851. The smallest absolute Gasteiger partial charge is 0.0594 e. The predicted molar refractivity (Wildman–Crippen MR) is 56.6 cm³/mol. The summed E-state index contributed by atoms with van der Waals surface area (Å²) in [7, 11) is 1.97. The molecule has 0 spiro atoms. The van der Waals surface area contributed by atoms with Gasteiger partial charge in [0.1, 0.15) is 0 Å². The van der Waals surface area contributed by atoms with Crippen molar-refractivity contribution in [3.05, 3.63) is 0 Å². The molecule has 0 aromatic heterocycles. The Balaban J connectivity index is 1.82. The third-order valence-corrected chi connectivity index (χ3v) is 2.37. The molecule has 1 saturated heterocycles. The highest BCUT2D eigenvalue weighted by atomic mass is 16.5. The van der Waals surface area contributed by atoms with Crippen molar-refractivity contribution in [1.29, 1.82) is 0 Å². The zero-order chi connectivity index (χ0) is 10.1. The molecule has 0 aliphatic carbocycles. The molecule has 84 valence electrons. The molecule has 1 aliphatic rings. The van der Waals surface area contributed by atoms with E-state index in [1.165, 1.54) is 0 Å². The summed E-state index contributed by atoms with van der Waals surface area (Å²) in [5, 5.41) is 3.10.